The lowest BCUT2D eigenvalue weighted by molar-refractivity contribution is -0.129. The normalized spacial score (nSPS) is 22.5. The molecule has 0 unspecified atom stereocenters. The number of benzene rings is 1. The first-order valence-corrected chi connectivity index (χ1v) is 9.85. The van der Waals surface area contributed by atoms with E-state index in [0.717, 1.165) is 30.3 Å². The summed E-state index contributed by atoms with van der Waals surface area (Å²) in [6, 6.07) is 4.99. The fourth-order valence-corrected chi connectivity index (χ4v) is 4.56. The number of H-pyrrole nitrogens is 1. The van der Waals surface area contributed by atoms with Crippen molar-refractivity contribution in [1.82, 2.24) is 19.7 Å². The van der Waals surface area contributed by atoms with Gasteiger partial charge in [-0.15, -0.1) is 0 Å². The Kier molecular flexibility index (Phi) is 4.87. The Bertz CT molecular complexity index is 923. The summed E-state index contributed by atoms with van der Waals surface area (Å²) >= 11 is 0. The average molecular weight is 386 g/mol. The van der Waals surface area contributed by atoms with Crippen LogP contribution in [0.3, 0.4) is 0 Å². The highest BCUT2D eigenvalue weighted by atomic mass is 19.1. The number of hydrogen-bond donors (Lipinski definition) is 1. The van der Waals surface area contributed by atoms with Crippen molar-refractivity contribution in [2.75, 3.05) is 40.3 Å². The molecule has 6 nitrogen and oxygen atoms in total. The fraction of sp³-hybridized carbons (Fsp3) is 0.524. The van der Waals surface area contributed by atoms with E-state index < -0.39 is 0 Å². The van der Waals surface area contributed by atoms with Gasteiger partial charge in [0.25, 0.3) is 5.91 Å². The maximum Gasteiger partial charge on any atom is 0.270 e. The minimum Gasteiger partial charge on any atom is -0.348 e. The Morgan fingerprint density at radius 2 is 2.00 bits per heavy atom. The maximum absolute atomic E-state index is 14.1. The van der Waals surface area contributed by atoms with Crippen LogP contribution in [-0.2, 0) is 4.79 Å². The van der Waals surface area contributed by atoms with Gasteiger partial charge in [-0.3, -0.25) is 14.5 Å². The van der Waals surface area contributed by atoms with Gasteiger partial charge in [-0.05, 0) is 37.3 Å². The molecular formula is C21H27FN4O2. The number of nitrogens with zero attached hydrogens (tertiary/aromatic N) is 3. The van der Waals surface area contributed by atoms with E-state index in [1.807, 2.05) is 17.9 Å². The Morgan fingerprint density at radius 1 is 1.21 bits per heavy atom. The van der Waals surface area contributed by atoms with E-state index in [0.29, 0.717) is 36.8 Å². The number of carbonyl (C=O) groups excluding carboxylic acids is 2. The first-order chi connectivity index (χ1) is 13.3. The topological polar surface area (TPSA) is 59.7 Å². The number of para-hydroxylation sites is 1. The second-order valence-electron chi connectivity index (χ2n) is 8.32. The van der Waals surface area contributed by atoms with E-state index in [-0.39, 0.29) is 23.7 Å². The summed E-state index contributed by atoms with van der Waals surface area (Å²) in [6.45, 7) is 4.48. The highest BCUT2D eigenvalue weighted by molar-refractivity contribution is 6.01. The van der Waals surface area contributed by atoms with Crippen molar-refractivity contribution in [3.63, 3.8) is 0 Å². The molecule has 3 aliphatic heterocycles. The van der Waals surface area contributed by atoms with Crippen LogP contribution in [0.25, 0.3) is 10.9 Å². The molecule has 1 N–H and O–H groups in total. The van der Waals surface area contributed by atoms with Gasteiger partial charge in [0.2, 0.25) is 5.91 Å². The van der Waals surface area contributed by atoms with Gasteiger partial charge in [0.15, 0.2) is 0 Å². The number of halogens is 1. The van der Waals surface area contributed by atoms with Crippen molar-refractivity contribution >= 4 is 22.7 Å². The molecule has 2 bridgehead atoms. The lowest BCUT2D eigenvalue weighted by Crippen LogP contribution is -2.48. The van der Waals surface area contributed by atoms with E-state index in [2.05, 4.69) is 9.88 Å². The van der Waals surface area contributed by atoms with Crippen molar-refractivity contribution in [3.8, 4) is 0 Å². The summed E-state index contributed by atoms with van der Waals surface area (Å²) in [7, 11) is 3.53. The number of rotatable bonds is 3. The third kappa shape index (κ3) is 3.28. The molecule has 3 fully saturated rings. The largest absolute Gasteiger partial charge is 0.348 e. The molecule has 1 aromatic heterocycles. The first kappa shape index (κ1) is 18.9. The molecule has 2 aromatic rings. The van der Waals surface area contributed by atoms with Crippen LogP contribution < -0.4 is 0 Å². The van der Waals surface area contributed by atoms with Gasteiger partial charge < -0.3 is 14.8 Å². The van der Waals surface area contributed by atoms with Crippen LogP contribution in [0.4, 0.5) is 4.39 Å². The molecule has 3 aliphatic rings. The van der Waals surface area contributed by atoms with Gasteiger partial charge in [-0.1, -0.05) is 12.1 Å². The van der Waals surface area contributed by atoms with E-state index in [1.165, 1.54) is 6.07 Å². The molecule has 7 heteroatoms. The molecule has 0 radical (unpaired) electrons. The van der Waals surface area contributed by atoms with Crippen LogP contribution in [0.1, 0.15) is 28.9 Å². The summed E-state index contributed by atoms with van der Waals surface area (Å²) in [5.41, 5.74) is 1.66. The zero-order valence-electron chi connectivity index (χ0n) is 16.7. The second-order valence-corrected chi connectivity index (χ2v) is 8.32. The maximum atomic E-state index is 14.1. The molecule has 2 amide bonds. The van der Waals surface area contributed by atoms with Crippen LogP contribution in [0.2, 0.25) is 0 Å². The third-order valence-corrected chi connectivity index (χ3v) is 6.16. The van der Waals surface area contributed by atoms with E-state index in [1.54, 1.807) is 25.1 Å². The number of likely N-dealkylation sites (N-methyl/N-ethyl adjacent to an activating group) is 1. The number of aromatic nitrogens is 1. The van der Waals surface area contributed by atoms with Crippen LogP contribution >= 0.6 is 0 Å². The Labute approximate surface area is 164 Å². The molecule has 1 aromatic carbocycles. The zero-order valence-corrected chi connectivity index (χ0v) is 16.7. The third-order valence-electron chi connectivity index (χ3n) is 6.16. The Hall–Kier alpha value is -2.41. The van der Waals surface area contributed by atoms with Gasteiger partial charge in [0.1, 0.15) is 11.5 Å². The Balaban J connectivity index is 1.58. The fourth-order valence-electron chi connectivity index (χ4n) is 4.56. The summed E-state index contributed by atoms with van der Waals surface area (Å²) in [4.78, 5) is 34.2. The van der Waals surface area contributed by atoms with Gasteiger partial charge >= 0.3 is 0 Å². The van der Waals surface area contributed by atoms with Gasteiger partial charge in [-0.2, -0.15) is 0 Å². The molecule has 28 heavy (non-hydrogen) atoms. The van der Waals surface area contributed by atoms with Crippen molar-refractivity contribution in [2.45, 2.75) is 25.8 Å². The number of nitrogens with one attached hydrogen (secondary N) is 1. The summed E-state index contributed by atoms with van der Waals surface area (Å²) in [5, 5.41) is 0.751. The lowest BCUT2D eigenvalue weighted by atomic mass is 9.94. The summed E-state index contributed by atoms with van der Waals surface area (Å²) in [6.07, 6.45) is 2.01. The molecule has 150 valence electrons. The molecule has 2 atom stereocenters. The monoisotopic (exact) mass is 386 g/mol. The molecule has 5 rings (SSSR count). The number of amides is 2. The lowest BCUT2D eigenvalue weighted by Gasteiger charge is -2.36. The number of fused-ring (bicyclic) bond motifs is 5. The smallest absolute Gasteiger partial charge is 0.270 e. The highest BCUT2D eigenvalue weighted by Crippen LogP contribution is 2.31. The van der Waals surface area contributed by atoms with Gasteiger partial charge in [0.05, 0.1) is 12.1 Å². The van der Waals surface area contributed by atoms with E-state index in [9.17, 15) is 14.0 Å². The van der Waals surface area contributed by atoms with Crippen LogP contribution in [0, 0.1) is 18.7 Å². The zero-order chi connectivity index (χ0) is 20.0. The van der Waals surface area contributed by atoms with E-state index >= 15 is 0 Å². The standard InChI is InChI=1S/C21H27FN4O2/c1-13-16-5-4-6-17(22)20(16)23-19(13)21(28)26-10-14-7-8-15(26)11-25(9-14)12-18(27)24(2)3/h4-6,14-15,23H,7-12H2,1-3H3/t14-,15+/m0/s1. The molecule has 3 saturated heterocycles. The number of piperidine rings is 1. The van der Waals surface area contributed by atoms with Crippen LogP contribution in [0.5, 0.6) is 0 Å². The number of aromatic amines is 1. The van der Waals surface area contributed by atoms with Gasteiger partial charge in [-0.25, -0.2) is 4.39 Å². The van der Waals surface area contributed by atoms with E-state index in [4.69, 9.17) is 0 Å². The summed E-state index contributed by atoms with van der Waals surface area (Å²) < 4.78 is 14.1. The Morgan fingerprint density at radius 3 is 2.71 bits per heavy atom. The quantitative estimate of drug-likeness (QED) is 0.880. The number of carbonyl (C=O) groups is 2. The van der Waals surface area contributed by atoms with Crippen molar-refractivity contribution in [1.29, 1.82) is 0 Å². The van der Waals surface area contributed by atoms with Crippen molar-refractivity contribution in [2.24, 2.45) is 5.92 Å². The van der Waals surface area contributed by atoms with Crippen molar-refractivity contribution < 1.29 is 14.0 Å². The first-order valence-electron chi connectivity index (χ1n) is 9.85. The van der Waals surface area contributed by atoms with Crippen LogP contribution in [0.15, 0.2) is 18.2 Å². The molecular weight excluding hydrogens is 359 g/mol. The highest BCUT2D eigenvalue weighted by Gasteiger charge is 2.38. The number of aryl methyl sites for hydroxylation is 1. The number of hydrogen-bond acceptors (Lipinski definition) is 3. The average Bonchev–Trinajstić information content (AvgIpc) is 2.80. The summed E-state index contributed by atoms with van der Waals surface area (Å²) in [5.74, 6) is 0.0363. The molecule has 0 saturated carbocycles. The molecule has 0 aliphatic carbocycles. The molecule has 4 heterocycles. The second kappa shape index (κ2) is 7.20. The predicted octanol–water partition coefficient (Wildman–Crippen LogP) is 2.24. The minimum absolute atomic E-state index is 0.0661. The molecule has 0 spiro atoms. The minimum atomic E-state index is -0.342. The van der Waals surface area contributed by atoms with Crippen molar-refractivity contribution in [3.05, 3.63) is 35.3 Å². The van der Waals surface area contributed by atoms with Crippen LogP contribution in [-0.4, -0.2) is 77.8 Å². The SMILES string of the molecule is Cc1c(C(=O)N2C[C@H]3CC[C@@H]2CN(CC(=O)N(C)C)C3)[nH]c2c(F)cccc12. The predicted molar refractivity (Wildman–Crippen MR) is 106 cm³/mol. The van der Waals surface area contributed by atoms with Gasteiger partial charge in [0, 0.05) is 45.2 Å².